The molecule has 0 aliphatic carbocycles. The number of rotatable bonds is 4. The first kappa shape index (κ1) is 15.0. The fraction of sp³-hybridized carbons (Fsp3) is 0.471. The van der Waals surface area contributed by atoms with Crippen LogP contribution in [0.2, 0.25) is 0 Å². The van der Waals surface area contributed by atoms with Gasteiger partial charge in [0, 0.05) is 43.5 Å². The lowest BCUT2D eigenvalue weighted by Gasteiger charge is -2.33. The number of hydrogen-bond acceptors (Lipinski definition) is 3. The zero-order valence-electron chi connectivity index (χ0n) is 13.1. The summed E-state index contributed by atoms with van der Waals surface area (Å²) in [4.78, 5) is 2.37. The molecular weight excluding hydrogens is 281 g/mol. The number of aryl methyl sites for hydroxylation is 1. The van der Waals surface area contributed by atoms with Crippen LogP contribution in [-0.4, -0.2) is 34.9 Å². The Morgan fingerprint density at radius 2 is 2.23 bits per heavy atom. The second-order valence-electron chi connectivity index (χ2n) is 5.91. The number of halogens is 1. The molecule has 0 radical (unpaired) electrons. The van der Waals surface area contributed by atoms with Crippen LogP contribution in [0.15, 0.2) is 30.5 Å². The molecule has 0 bridgehead atoms. The topological polar surface area (TPSA) is 30.3 Å². The predicted molar refractivity (Wildman–Crippen MR) is 83.4 cm³/mol. The quantitative estimate of drug-likeness (QED) is 0.870. The van der Waals surface area contributed by atoms with Crippen LogP contribution in [0.3, 0.4) is 0 Å². The normalized spacial score (nSPS) is 19.3. The largest absolute Gasteiger partial charge is 0.496 e. The van der Waals surface area contributed by atoms with Gasteiger partial charge in [-0.1, -0.05) is 0 Å². The van der Waals surface area contributed by atoms with E-state index in [2.05, 4.69) is 16.1 Å². The molecule has 118 valence electrons. The molecule has 0 amide bonds. The predicted octanol–water partition coefficient (Wildman–Crippen LogP) is 2.95. The molecular formula is C17H22FN3O. The van der Waals surface area contributed by atoms with Crippen molar-refractivity contribution >= 4 is 0 Å². The van der Waals surface area contributed by atoms with E-state index in [1.807, 2.05) is 17.9 Å². The maximum Gasteiger partial charge on any atom is 0.123 e. The Morgan fingerprint density at radius 1 is 1.36 bits per heavy atom. The molecule has 1 saturated heterocycles. The van der Waals surface area contributed by atoms with E-state index < -0.39 is 0 Å². The molecule has 2 heterocycles. The summed E-state index contributed by atoms with van der Waals surface area (Å²) >= 11 is 0. The van der Waals surface area contributed by atoms with E-state index in [-0.39, 0.29) is 5.82 Å². The monoisotopic (exact) mass is 303 g/mol. The molecule has 0 unspecified atom stereocenters. The van der Waals surface area contributed by atoms with Crippen molar-refractivity contribution in [2.24, 2.45) is 7.05 Å². The van der Waals surface area contributed by atoms with Gasteiger partial charge in [0.25, 0.3) is 0 Å². The molecule has 0 N–H and O–H groups in total. The molecule has 0 spiro atoms. The fourth-order valence-corrected chi connectivity index (χ4v) is 3.34. The van der Waals surface area contributed by atoms with Crippen molar-refractivity contribution in [3.8, 4) is 5.75 Å². The fourth-order valence-electron chi connectivity index (χ4n) is 3.34. The highest BCUT2D eigenvalue weighted by atomic mass is 19.1. The van der Waals surface area contributed by atoms with Crippen LogP contribution in [0.5, 0.6) is 5.75 Å². The third-order valence-corrected chi connectivity index (χ3v) is 4.42. The maximum atomic E-state index is 13.5. The van der Waals surface area contributed by atoms with Gasteiger partial charge in [-0.05, 0) is 43.7 Å². The zero-order chi connectivity index (χ0) is 15.5. The summed E-state index contributed by atoms with van der Waals surface area (Å²) in [5.74, 6) is 1.03. The Bertz CT molecular complexity index is 641. The summed E-state index contributed by atoms with van der Waals surface area (Å²) in [5.41, 5.74) is 2.18. The van der Waals surface area contributed by atoms with Crippen molar-refractivity contribution in [2.45, 2.75) is 25.3 Å². The number of ether oxygens (including phenoxy) is 1. The van der Waals surface area contributed by atoms with Gasteiger partial charge >= 0.3 is 0 Å². The Balaban J connectivity index is 1.73. The van der Waals surface area contributed by atoms with E-state index in [1.165, 1.54) is 18.2 Å². The second-order valence-corrected chi connectivity index (χ2v) is 5.91. The number of piperidine rings is 1. The lowest BCUT2D eigenvalue weighted by atomic mass is 9.94. The Labute approximate surface area is 130 Å². The van der Waals surface area contributed by atoms with Crippen molar-refractivity contribution < 1.29 is 9.13 Å². The van der Waals surface area contributed by atoms with Crippen LogP contribution < -0.4 is 4.74 Å². The number of likely N-dealkylation sites (tertiary alicyclic amines) is 1. The van der Waals surface area contributed by atoms with Gasteiger partial charge in [-0.2, -0.15) is 5.10 Å². The van der Waals surface area contributed by atoms with Crippen LogP contribution >= 0.6 is 0 Å². The maximum absolute atomic E-state index is 13.5. The standard InChI is InChI=1S/C17H22FN3O/c1-20-16(7-8-19-20)13-4-3-9-21(11-13)12-14-10-15(18)5-6-17(14)22-2/h5-8,10,13H,3-4,9,11-12H2,1-2H3/t13-/m0/s1. The molecule has 22 heavy (non-hydrogen) atoms. The van der Waals surface area contributed by atoms with Crippen molar-refractivity contribution in [1.82, 2.24) is 14.7 Å². The average Bonchev–Trinajstić information content (AvgIpc) is 2.94. The van der Waals surface area contributed by atoms with Crippen molar-refractivity contribution in [1.29, 1.82) is 0 Å². The van der Waals surface area contributed by atoms with Crippen molar-refractivity contribution in [3.63, 3.8) is 0 Å². The van der Waals surface area contributed by atoms with E-state index >= 15 is 0 Å². The Morgan fingerprint density at radius 3 is 2.95 bits per heavy atom. The first-order valence-corrected chi connectivity index (χ1v) is 7.70. The molecule has 3 rings (SSSR count). The minimum Gasteiger partial charge on any atom is -0.496 e. The molecule has 4 nitrogen and oxygen atoms in total. The Hall–Kier alpha value is -1.88. The minimum atomic E-state index is -0.212. The number of methoxy groups -OCH3 is 1. The van der Waals surface area contributed by atoms with Crippen molar-refractivity contribution in [2.75, 3.05) is 20.2 Å². The zero-order valence-corrected chi connectivity index (χ0v) is 13.1. The highest BCUT2D eigenvalue weighted by Gasteiger charge is 2.24. The molecule has 1 aromatic heterocycles. The SMILES string of the molecule is COc1ccc(F)cc1CN1CCC[C@H](c2ccnn2C)C1. The van der Waals surface area contributed by atoms with Gasteiger partial charge in [0.15, 0.2) is 0 Å². The van der Waals surface area contributed by atoms with Crippen LogP contribution in [0.1, 0.15) is 30.0 Å². The third-order valence-electron chi connectivity index (χ3n) is 4.42. The minimum absolute atomic E-state index is 0.212. The number of aromatic nitrogens is 2. The van der Waals surface area contributed by atoms with Gasteiger partial charge in [-0.3, -0.25) is 9.58 Å². The summed E-state index contributed by atoms with van der Waals surface area (Å²) in [7, 11) is 3.62. The van der Waals surface area contributed by atoms with Crippen LogP contribution in [0.25, 0.3) is 0 Å². The van der Waals surface area contributed by atoms with Gasteiger partial charge < -0.3 is 4.74 Å². The lowest BCUT2D eigenvalue weighted by molar-refractivity contribution is 0.194. The molecule has 1 aromatic carbocycles. The second kappa shape index (κ2) is 6.48. The van der Waals surface area contributed by atoms with Gasteiger partial charge in [0.1, 0.15) is 11.6 Å². The van der Waals surface area contributed by atoms with Crippen LogP contribution in [0, 0.1) is 5.82 Å². The number of hydrogen-bond donors (Lipinski definition) is 0. The van der Waals surface area contributed by atoms with E-state index in [4.69, 9.17) is 4.74 Å². The van der Waals surface area contributed by atoms with Gasteiger partial charge in [-0.15, -0.1) is 0 Å². The van der Waals surface area contributed by atoms with Crippen molar-refractivity contribution in [3.05, 3.63) is 47.5 Å². The molecule has 1 aliphatic rings. The summed E-state index contributed by atoms with van der Waals surface area (Å²) < 4.78 is 20.8. The number of benzene rings is 1. The van der Waals surface area contributed by atoms with Gasteiger partial charge in [0.05, 0.1) is 7.11 Å². The molecule has 2 aromatic rings. The third kappa shape index (κ3) is 3.14. The first-order chi connectivity index (χ1) is 10.7. The van der Waals surface area contributed by atoms with Gasteiger partial charge in [-0.25, -0.2) is 4.39 Å². The molecule has 1 aliphatic heterocycles. The van der Waals surface area contributed by atoms with E-state index in [0.29, 0.717) is 5.92 Å². The van der Waals surface area contributed by atoms with E-state index in [1.54, 1.807) is 19.2 Å². The number of nitrogens with zero attached hydrogens (tertiary/aromatic N) is 3. The highest BCUT2D eigenvalue weighted by Crippen LogP contribution is 2.29. The first-order valence-electron chi connectivity index (χ1n) is 7.70. The molecule has 5 heteroatoms. The molecule has 1 fully saturated rings. The molecule has 1 atom stereocenters. The van der Waals surface area contributed by atoms with Crippen LogP contribution in [-0.2, 0) is 13.6 Å². The summed E-state index contributed by atoms with van der Waals surface area (Å²) in [6.07, 6.45) is 4.17. The lowest BCUT2D eigenvalue weighted by Crippen LogP contribution is -2.34. The van der Waals surface area contributed by atoms with E-state index in [0.717, 1.165) is 37.4 Å². The van der Waals surface area contributed by atoms with Crippen LogP contribution in [0.4, 0.5) is 4.39 Å². The smallest absolute Gasteiger partial charge is 0.123 e. The molecule has 0 saturated carbocycles. The Kier molecular flexibility index (Phi) is 4.43. The summed E-state index contributed by atoms with van der Waals surface area (Å²) in [5, 5.41) is 4.27. The summed E-state index contributed by atoms with van der Waals surface area (Å²) in [6.45, 7) is 2.72. The highest BCUT2D eigenvalue weighted by molar-refractivity contribution is 5.34. The summed E-state index contributed by atoms with van der Waals surface area (Å²) in [6, 6.07) is 6.81. The average molecular weight is 303 g/mol. The van der Waals surface area contributed by atoms with E-state index in [9.17, 15) is 4.39 Å². The van der Waals surface area contributed by atoms with Gasteiger partial charge in [0.2, 0.25) is 0 Å².